The Morgan fingerprint density at radius 1 is 1.09 bits per heavy atom. The van der Waals surface area contributed by atoms with E-state index in [2.05, 4.69) is 5.32 Å². The lowest BCUT2D eigenvalue weighted by Crippen LogP contribution is -2.59. The number of rotatable bonds is 5. The molecule has 2 amide bonds. The van der Waals surface area contributed by atoms with Crippen LogP contribution >= 0.6 is 23.2 Å². The molecule has 168 valence electrons. The molecule has 0 aliphatic carbocycles. The number of aromatic nitrogens is 1. The molecule has 0 atom stereocenters. The van der Waals surface area contributed by atoms with Gasteiger partial charge in [0.15, 0.2) is 0 Å². The molecule has 11 heteroatoms. The highest BCUT2D eigenvalue weighted by atomic mass is 35.5. The van der Waals surface area contributed by atoms with Crippen LogP contribution in [-0.4, -0.2) is 38.0 Å². The maximum atomic E-state index is 13.2. The van der Waals surface area contributed by atoms with Crippen molar-refractivity contribution in [3.8, 4) is 0 Å². The summed E-state index contributed by atoms with van der Waals surface area (Å²) in [6, 6.07) is 11.1. The highest BCUT2D eigenvalue weighted by Gasteiger charge is 2.42. The van der Waals surface area contributed by atoms with Gasteiger partial charge < -0.3 is 14.6 Å². The van der Waals surface area contributed by atoms with Gasteiger partial charge in [-0.2, -0.15) is 0 Å². The number of hydrogen-bond acceptors (Lipinski definition) is 5. The molecular formula is C21H19Cl2N3O5S. The second-order valence-corrected chi connectivity index (χ2v) is 10.1. The van der Waals surface area contributed by atoms with E-state index in [0.29, 0.717) is 26.7 Å². The smallest absolute Gasteiger partial charge is 0.268 e. The van der Waals surface area contributed by atoms with E-state index in [0.717, 1.165) is 12.4 Å². The minimum absolute atomic E-state index is 0.0571. The summed E-state index contributed by atoms with van der Waals surface area (Å²) in [6.45, 7) is 1.58. The van der Waals surface area contributed by atoms with Crippen LogP contribution in [0.1, 0.15) is 23.0 Å². The monoisotopic (exact) mass is 495 g/mol. The number of nitrogens with one attached hydrogen (secondary N) is 2. The minimum atomic E-state index is -3.95. The van der Waals surface area contributed by atoms with Gasteiger partial charge in [-0.3, -0.25) is 9.59 Å². The zero-order valence-electron chi connectivity index (χ0n) is 17.1. The summed E-state index contributed by atoms with van der Waals surface area (Å²) in [6.07, 6.45) is 0. The molecule has 1 aromatic heterocycles. The van der Waals surface area contributed by atoms with Crippen molar-refractivity contribution >= 4 is 55.9 Å². The first-order valence-corrected chi connectivity index (χ1v) is 11.8. The number of halogens is 2. The predicted octanol–water partition coefficient (Wildman–Crippen LogP) is 2.97. The van der Waals surface area contributed by atoms with Crippen molar-refractivity contribution in [1.29, 1.82) is 0 Å². The number of benzene rings is 2. The molecule has 2 heterocycles. The molecule has 3 aromatic rings. The third-order valence-corrected chi connectivity index (χ3v) is 7.66. The van der Waals surface area contributed by atoms with Crippen LogP contribution in [0.3, 0.4) is 0 Å². The summed E-state index contributed by atoms with van der Waals surface area (Å²) >= 11 is 12.4. The second-order valence-electron chi connectivity index (χ2n) is 7.60. The Morgan fingerprint density at radius 3 is 2.31 bits per heavy atom. The van der Waals surface area contributed by atoms with Crippen molar-refractivity contribution < 1.29 is 22.7 Å². The molecule has 0 spiro atoms. The van der Waals surface area contributed by atoms with Crippen LogP contribution in [0.25, 0.3) is 10.9 Å². The van der Waals surface area contributed by atoms with E-state index in [1.165, 1.54) is 12.1 Å². The molecule has 2 N–H and O–H groups in total. The van der Waals surface area contributed by atoms with E-state index in [9.17, 15) is 18.0 Å². The Hall–Kier alpha value is -2.59. The van der Waals surface area contributed by atoms with Gasteiger partial charge in [0, 0.05) is 24.9 Å². The lowest BCUT2D eigenvalue weighted by Gasteiger charge is -2.42. The second kappa shape index (κ2) is 8.08. The van der Waals surface area contributed by atoms with E-state index in [1.807, 2.05) is 4.72 Å². The molecular weight excluding hydrogens is 477 g/mol. The van der Waals surface area contributed by atoms with Crippen molar-refractivity contribution in [2.45, 2.75) is 17.4 Å². The van der Waals surface area contributed by atoms with Crippen LogP contribution in [0.5, 0.6) is 0 Å². The van der Waals surface area contributed by atoms with Crippen molar-refractivity contribution in [3.05, 3.63) is 63.8 Å². The Morgan fingerprint density at radius 2 is 1.75 bits per heavy atom. The average molecular weight is 496 g/mol. The van der Waals surface area contributed by atoms with E-state index in [-0.39, 0.29) is 24.0 Å². The molecule has 1 aliphatic heterocycles. The van der Waals surface area contributed by atoms with Crippen LogP contribution in [0.4, 0.5) is 0 Å². The van der Waals surface area contributed by atoms with Crippen molar-refractivity contribution in [3.63, 3.8) is 0 Å². The van der Waals surface area contributed by atoms with E-state index in [4.69, 9.17) is 27.9 Å². The Labute approximate surface area is 194 Å². The molecule has 1 saturated heterocycles. The molecule has 0 bridgehead atoms. The molecule has 2 aromatic carbocycles. The number of amides is 2. The van der Waals surface area contributed by atoms with Crippen LogP contribution < -0.4 is 10.0 Å². The van der Waals surface area contributed by atoms with Crippen LogP contribution in [0, 0.1) is 0 Å². The van der Waals surface area contributed by atoms with Gasteiger partial charge in [-0.25, -0.2) is 13.1 Å². The van der Waals surface area contributed by atoms with Gasteiger partial charge in [-0.1, -0.05) is 35.3 Å². The lowest BCUT2D eigenvalue weighted by atomic mass is 9.88. The largest absolute Gasteiger partial charge is 0.376 e. The summed E-state index contributed by atoms with van der Waals surface area (Å²) in [4.78, 5) is 24.2. The van der Waals surface area contributed by atoms with Gasteiger partial charge in [0.1, 0.15) is 11.2 Å². The molecule has 8 nitrogen and oxygen atoms in total. The molecule has 0 unspecified atom stereocenters. The highest BCUT2D eigenvalue weighted by Crippen LogP contribution is 2.34. The van der Waals surface area contributed by atoms with Gasteiger partial charge in [0.05, 0.1) is 28.2 Å². The number of aryl methyl sites for hydroxylation is 1. The first-order chi connectivity index (χ1) is 15.0. The van der Waals surface area contributed by atoms with Gasteiger partial charge in [-0.05, 0) is 35.9 Å². The maximum absolute atomic E-state index is 13.2. The Balaban J connectivity index is 1.63. The van der Waals surface area contributed by atoms with Crippen LogP contribution in [0.15, 0.2) is 47.4 Å². The minimum Gasteiger partial charge on any atom is -0.376 e. The third kappa shape index (κ3) is 3.86. The van der Waals surface area contributed by atoms with Gasteiger partial charge in [-0.15, -0.1) is 0 Å². The number of carbonyl (C=O) groups excluding carboxylic acids is 2. The highest BCUT2D eigenvalue weighted by molar-refractivity contribution is 7.90. The number of hydrogen-bond donors (Lipinski definition) is 2. The number of fused-ring (bicyclic) bond motifs is 1. The number of carbonyl (C=O) groups is 2. The van der Waals surface area contributed by atoms with Crippen molar-refractivity contribution in [1.82, 2.24) is 14.6 Å². The molecule has 4 rings (SSSR count). The number of nitrogens with zero attached hydrogens (tertiary/aromatic N) is 1. The van der Waals surface area contributed by atoms with Gasteiger partial charge in [0.25, 0.3) is 15.9 Å². The fourth-order valence-corrected chi connectivity index (χ4v) is 5.04. The fourth-order valence-electron chi connectivity index (χ4n) is 3.67. The average Bonchev–Trinajstić information content (AvgIpc) is 3.04. The van der Waals surface area contributed by atoms with Gasteiger partial charge in [0.2, 0.25) is 5.91 Å². The van der Waals surface area contributed by atoms with Gasteiger partial charge >= 0.3 is 0 Å². The zero-order valence-corrected chi connectivity index (χ0v) is 19.4. The molecule has 1 fully saturated rings. The van der Waals surface area contributed by atoms with Crippen molar-refractivity contribution in [2.24, 2.45) is 7.05 Å². The number of ether oxygens (including phenoxy) is 1. The molecule has 0 saturated carbocycles. The first-order valence-electron chi connectivity index (χ1n) is 9.52. The fraction of sp³-hybridized carbons (Fsp3) is 0.238. The van der Waals surface area contributed by atoms with Crippen molar-refractivity contribution in [2.75, 3.05) is 13.2 Å². The lowest BCUT2D eigenvalue weighted by molar-refractivity contribution is -0.117. The maximum Gasteiger partial charge on any atom is 0.268 e. The summed E-state index contributed by atoms with van der Waals surface area (Å²) in [5, 5.41) is 4.44. The van der Waals surface area contributed by atoms with Crippen LogP contribution in [0.2, 0.25) is 10.0 Å². The normalized spacial score (nSPS) is 15.2. The summed E-state index contributed by atoms with van der Waals surface area (Å²) in [5.41, 5.74) is 1.01. The first kappa shape index (κ1) is 22.6. The topological polar surface area (TPSA) is 107 Å². The Bertz CT molecular complexity index is 1350. The SMILES string of the molecule is CC(=O)NS(=O)(=O)c1ccc(C2(NC(=O)c3cc4c(Cl)c(Cl)ccc4n3C)COC2)cc1. The zero-order chi connectivity index (χ0) is 23.3. The molecule has 1 aliphatic rings. The van der Waals surface area contributed by atoms with E-state index < -0.39 is 21.5 Å². The number of sulfonamides is 1. The quantitative estimate of drug-likeness (QED) is 0.565. The summed E-state index contributed by atoms with van der Waals surface area (Å²) < 4.78 is 33.4. The van der Waals surface area contributed by atoms with E-state index >= 15 is 0 Å². The summed E-state index contributed by atoms with van der Waals surface area (Å²) in [7, 11) is -2.19. The standard InChI is InChI=1S/C21H19Cl2N3O5S/c1-12(27)25-32(29,30)14-5-3-13(4-6-14)21(10-31-11-21)24-20(28)18-9-15-17(26(18)2)8-7-16(22)19(15)23/h3-9H,10-11H2,1-2H3,(H,24,28)(H,25,27). The molecule has 32 heavy (non-hydrogen) atoms. The summed E-state index contributed by atoms with van der Waals surface area (Å²) in [5.74, 6) is -1.02. The third-order valence-electron chi connectivity index (χ3n) is 5.39. The Kier molecular flexibility index (Phi) is 5.70. The van der Waals surface area contributed by atoms with Crippen LogP contribution in [-0.2, 0) is 32.1 Å². The predicted molar refractivity (Wildman–Crippen MR) is 120 cm³/mol. The van der Waals surface area contributed by atoms with E-state index in [1.54, 1.807) is 41.9 Å². The molecule has 0 radical (unpaired) electrons.